The number of amides is 1. The summed E-state index contributed by atoms with van der Waals surface area (Å²) in [5.41, 5.74) is 1.31. The van der Waals surface area contributed by atoms with E-state index in [1.54, 1.807) is 23.1 Å². The first-order valence-corrected chi connectivity index (χ1v) is 12.4. The van der Waals surface area contributed by atoms with Gasteiger partial charge in [-0.15, -0.1) is 0 Å². The lowest BCUT2D eigenvalue weighted by Gasteiger charge is -2.29. The van der Waals surface area contributed by atoms with E-state index in [4.69, 9.17) is 9.47 Å². The molecular weight excluding hydrogens is 456 g/mol. The Morgan fingerprint density at radius 1 is 0.972 bits per heavy atom. The molecule has 1 atom stereocenters. The standard InChI is InChI=1S/C29H30N2O5/c1-3-30(4-2)14-15-31-26(22-11-7-9-19-8-5-6-10-21(19)22)25(28(33)29(31)34)27(32)20-12-13-23-24(18-20)36-17-16-35-23/h5-13,18,26,32H,3-4,14-17H2,1-2H3/t26-/m1/s1. The number of rotatable bonds is 7. The van der Waals surface area contributed by atoms with Gasteiger partial charge in [0.25, 0.3) is 11.7 Å². The molecule has 1 fully saturated rings. The molecule has 0 aromatic heterocycles. The predicted molar refractivity (Wildman–Crippen MR) is 138 cm³/mol. The first kappa shape index (κ1) is 23.9. The van der Waals surface area contributed by atoms with E-state index in [1.807, 2.05) is 42.5 Å². The van der Waals surface area contributed by atoms with Gasteiger partial charge >= 0.3 is 0 Å². The van der Waals surface area contributed by atoms with Crippen molar-refractivity contribution in [3.63, 3.8) is 0 Å². The summed E-state index contributed by atoms with van der Waals surface area (Å²) in [7, 11) is 0. The number of hydrogen-bond acceptors (Lipinski definition) is 6. The minimum absolute atomic E-state index is 0.0903. The van der Waals surface area contributed by atoms with E-state index in [-0.39, 0.29) is 11.3 Å². The highest BCUT2D eigenvalue weighted by Gasteiger charge is 2.46. The van der Waals surface area contributed by atoms with Crippen LogP contribution in [0, 0.1) is 0 Å². The Morgan fingerprint density at radius 2 is 1.69 bits per heavy atom. The number of ketones is 1. The van der Waals surface area contributed by atoms with Crippen LogP contribution in [0.5, 0.6) is 11.5 Å². The average Bonchev–Trinajstić information content (AvgIpc) is 3.17. The molecule has 1 N–H and O–H groups in total. The number of fused-ring (bicyclic) bond motifs is 2. The van der Waals surface area contributed by atoms with Crippen molar-refractivity contribution in [3.05, 3.63) is 77.4 Å². The maximum Gasteiger partial charge on any atom is 0.295 e. The average molecular weight is 487 g/mol. The summed E-state index contributed by atoms with van der Waals surface area (Å²) in [6, 6.07) is 18.1. The first-order chi connectivity index (χ1) is 17.5. The van der Waals surface area contributed by atoms with Crippen molar-refractivity contribution in [2.45, 2.75) is 19.9 Å². The third kappa shape index (κ3) is 4.20. The van der Waals surface area contributed by atoms with Gasteiger partial charge in [0, 0.05) is 18.7 Å². The number of likely N-dealkylation sites (tertiary alicyclic amines) is 1. The molecule has 1 saturated heterocycles. The highest BCUT2D eigenvalue weighted by atomic mass is 16.6. The van der Waals surface area contributed by atoms with Crippen molar-refractivity contribution >= 4 is 28.2 Å². The van der Waals surface area contributed by atoms with Crippen molar-refractivity contribution in [3.8, 4) is 11.5 Å². The number of likely N-dealkylation sites (N-methyl/N-ethyl adjacent to an activating group) is 1. The molecule has 7 heteroatoms. The first-order valence-electron chi connectivity index (χ1n) is 12.4. The van der Waals surface area contributed by atoms with Gasteiger partial charge in [-0.05, 0) is 47.6 Å². The summed E-state index contributed by atoms with van der Waals surface area (Å²) in [5, 5.41) is 13.4. The Hall–Kier alpha value is -3.84. The lowest BCUT2D eigenvalue weighted by atomic mass is 9.91. The number of nitrogens with zero attached hydrogens (tertiary/aromatic N) is 2. The van der Waals surface area contributed by atoms with E-state index in [9.17, 15) is 14.7 Å². The minimum atomic E-state index is -0.708. The fraction of sp³-hybridized carbons (Fsp3) is 0.310. The zero-order valence-electron chi connectivity index (χ0n) is 20.6. The van der Waals surface area contributed by atoms with Crippen molar-refractivity contribution in [1.82, 2.24) is 9.80 Å². The Labute approximate surface area is 210 Å². The topological polar surface area (TPSA) is 79.3 Å². The quantitative estimate of drug-likeness (QED) is 0.303. The third-order valence-corrected chi connectivity index (χ3v) is 7.03. The summed E-state index contributed by atoms with van der Waals surface area (Å²) in [6.45, 7) is 7.69. The van der Waals surface area contributed by atoms with E-state index in [2.05, 4.69) is 18.7 Å². The number of hydrogen-bond donors (Lipinski definition) is 1. The fourth-order valence-electron chi connectivity index (χ4n) is 5.06. The number of aliphatic hydroxyl groups is 1. The molecule has 3 aromatic rings. The Balaban J connectivity index is 1.66. The second-order valence-corrected chi connectivity index (χ2v) is 8.95. The van der Waals surface area contributed by atoms with Gasteiger partial charge in [0.05, 0.1) is 11.6 Å². The Kier molecular flexibility index (Phi) is 6.65. The molecular formula is C29H30N2O5. The lowest BCUT2D eigenvalue weighted by molar-refractivity contribution is -0.140. The van der Waals surface area contributed by atoms with E-state index >= 15 is 0 Å². The van der Waals surface area contributed by atoms with Crippen LogP contribution in [-0.2, 0) is 9.59 Å². The van der Waals surface area contributed by atoms with Gasteiger partial charge in [-0.25, -0.2) is 0 Å². The Bertz CT molecular complexity index is 1340. The minimum Gasteiger partial charge on any atom is -0.507 e. The SMILES string of the molecule is CCN(CC)CCN1C(=O)C(=O)C(=C(O)c2ccc3c(c2)OCCO3)[C@H]1c1cccc2ccccc12. The molecule has 7 nitrogen and oxygen atoms in total. The normalized spacial score (nSPS) is 18.9. The second-order valence-electron chi connectivity index (χ2n) is 8.95. The van der Waals surface area contributed by atoms with Crippen LogP contribution in [0.15, 0.2) is 66.2 Å². The summed E-state index contributed by atoms with van der Waals surface area (Å²) < 4.78 is 11.3. The molecule has 2 aliphatic rings. The number of benzene rings is 3. The van der Waals surface area contributed by atoms with Gasteiger partial charge in [-0.1, -0.05) is 56.3 Å². The van der Waals surface area contributed by atoms with Gasteiger partial charge in [0.15, 0.2) is 11.5 Å². The molecule has 0 bridgehead atoms. The highest BCUT2D eigenvalue weighted by Crippen LogP contribution is 2.42. The van der Waals surface area contributed by atoms with E-state index in [0.29, 0.717) is 43.4 Å². The van der Waals surface area contributed by atoms with E-state index in [1.165, 1.54) is 0 Å². The Morgan fingerprint density at radius 3 is 2.47 bits per heavy atom. The molecule has 0 saturated carbocycles. The van der Waals surface area contributed by atoms with Crippen LogP contribution in [0.2, 0.25) is 0 Å². The molecule has 3 aromatic carbocycles. The molecule has 2 aliphatic heterocycles. The van der Waals surface area contributed by atoms with Crippen molar-refractivity contribution in [2.75, 3.05) is 39.4 Å². The molecule has 0 radical (unpaired) electrons. The van der Waals surface area contributed by atoms with Crippen LogP contribution in [0.25, 0.3) is 16.5 Å². The van der Waals surface area contributed by atoms with Gasteiger partial charge in [-0.2, -0.15) is 0 Å². The third-order valence-electron chi connectivity index (χ3n) is 7.03. The number of carbonyl (C=O) groups is 2. The monoisotopic (exact) mass is 486 g/mol. The maximum atomic E-state index is 13.4. The van der Waals surface area contributed by atoms with Crippen molar-refractivity contribution in [1.29, 1.82) is 0 Å². The van der Waals surface area contributed by atoms with Crippen LogP contribution in [0.1, 0.15) is 31.0 Å². The zero-order chi connectivity index (χ0) is 25.2. The predicted octanol–water partition coefficient (Wildman–Crippen LogP) is 4.37. The van der Waals surface area contributed by atoms with Crippen LogP contribution >= 0.6 is 0 Å². The van der Waals surface area contributed by atoms with Gasteiger partial charge in [-0.3, -0.25) is 9.59 Å². The van der Waals surface area contributed by atoms with Crippen LogP contribution in [0.4, 0.5) is 0 Å². The maximum absolute atomic E-state index is 13.4. The van der Waals surface area contributed by atoms with Crippen molar-refractivity contribution in [2.24, 2.45) is 0 Å². The summed E-state index contributed by atoms with van der Waals surface area (Å²) in [6.07, 6.45) is 0. The molecule has 5 rings (SSSR count). The molecule has 1 amide bonds. The van der Waals surface area contributed by atoms with Gasteiger partial charge in [0.1, 0.15) is 19.0 Å². The van der Waals surface area contributed by atoms with Crippen LogP contribution in [-0.4, -0.2) is 66.0 Å². The smallest absolute Gasteiger partial charge is 0.295 e. The second kappa shape index (κ2) is 10.0. The lowest BCUT2D eigenvalue weighted by Crippen LogP contribution is -2.38. The molecule has 0 unspecified atom stereocenters. The molecule has 36 heavy (non-hydrogen) atoms. The van der Waals surface area contributed by atoms with Crippen LogP contribution < -0.4 is 9.47 Å². The van der Waals surface area contributed by atoms with E-state index < -0.39 is 17.7 Å². The highest BCUT2D eigenvalue weighted by molar-refractivity contribution is 6.46. The fourth-order valence-corrected chi connectivity index (χ4v) is 5.06. The van der Waals surface area contributed by atoms with E-state index in [0.717, 1.165) is 29.4 Å². The largest absolute Gasteiger partial charge is 0.507 e. The molecule has 0 spiro atoms. The number of Topliss-reactive ketones (excluding diaryl/α,β-unsaturated/α-hetero) is 1. The summed E-state index contributed by atoms with van der Waals surface area (Å²) in [5.74, 6) is -0.404. The van der Waals surface area contributed by atoms with Crippen molar-refractivity contribution < 1.29 is 24.2 Å². The zero-order valence-corrected chi connectivity index (χ0v) is 20.6. The number of aliphatic hydroxyl groups excluding tert-OH is 1. The van der Waals surface area contributed by atoms with Gasteiger partial charge < -0.3 is 24.4 Å². The van der Waals surface area contributed by atoms with Gasteiger partial charge in [0.2, 0.25) is 0 Å². The summed E-state index contributed by atoms with van der Waals surface area (Å²) in [4.78, 5) is 30.6. The summed E-state index contributed by atoms with van der Waals surface area (Å²) >= 11 is 0. The molecule has 186 valence electrons. The molecule has 0 aliphatic carbocycles. The van der Waals surface area contributed by atoms with Crippen LogP contribution in [0.3, 0.4) is 0 Å². The number of carbonyl (C=O) groups excluding carboxylic acids is 2. The molecule has 2 heterocycles. The number of ether oxygens (including phenoxy) is 2.